The summed E-state index contributed by atoms with van der Waals surface area (Å²) in [7, 11) is -4.06. The molecule has 2 amide bonds. The Balaban J connectivity index is 1.53. The molecule has 0 bridgehead atoms. The summed E-state index contributed by atoms with van der Waals surface area (Å²) in [4.78, 5) is 38.0. The van der Waals surface area contributed by atoms with Crippen molar-refractivity contribution in [1.29, 1.82) is 5.41 Å². The Morgan fingerprint density at radius 2 is 1.85 bits per heavy atom. The predicted molar refractivity (Wildman–Crippen MR) is 152 cm³/mol. The van der Waals surface area contributed by atoms with Gasteiger partial charge in [0.25, 0.3) is 10.0 Å². The fourth-order valence-corrected chi connectivity index (χ4v) is 6.94. The quantitative estimate of drug-likeness (QED) is 0.129. The van der Waals surface area contributed by atoms with Crippen LogP contribution in [0.15, 0.2) is 4.90 Å². The lowest BCUT2D eigenvalue weighted by atomic mass is 9.94. The second kappa shape index (κ2) is 12.2. The number of aliphatic carboxylic acids is 1. The molecule has 0 saturated carbocycles. The molecule has 0 spiro atoms. The molecule has 0 aromatic heterocycles. The van der Waals surface area contributed by atoms with Crippen molar-refractivity contribution in [2.24, 2.45) is 5.73 Å². The van der Waals surface area contributed by atoms with Crippen molar-refractivity contribution in [3.05, 3.63) is 22.3 Å². The molecule has 228 valence electrons. The minimum atomic E-state index is -4.06. The highest BCUT2D eigenvalue weighted by Crippen LogP contribution is 2.43. The molecule has 1 aromatic rings. The summed E-state index contributed by atoms with van der Waals surface area (Å²) < 4.78 is 35.0. The SMILES string of the molecule is Cc1c(C)c(S(=O)(=O)NC(=N)NCCC[C@H](N)C(=O)N2CCC[C@H]2C(=O)N[C@H](C)C(=O)O)c(C)c2c1OC(C)(C)C2. The first-order chi connectivity index (χ1) is 19.0. The number of amides is 2. The number of hydrogen-bond donors (Lipinski definition) is 6. The smallest absolute Gasteiger partial charge is 0.325 e. The normalized spacial score (nSPS) is 19.1. The van der Waals surface area contributed by atoms with Gasteiger partial charge in [0, 0.05) is 25.1 Å². The van der Waals surface area contributed by atoms with Crippen molar-refractivity contribution in [2.45, 2.75) is 102 Å². The largest absolute Gasteiger partial charge is 0.487 e. The number of fused-ring (bicyclic) bond motifs is 1. The Hall–Kier alpha value is -3.39. The highest BCUT2D eigenvalue weighted by Gasteiger charge is 2.38. The Labute approximate surface area is 241 Å². The maximum absolute atomic E-state index is 13.3. The number of likely N-dealkylation sites (tertiary alicyclic amines) is 1. The van der Waals surface area contributed by atoms with Crippen LogP contribution in [-0.2, 0) is 30.8 Å². The average molecular weight is 595 g/mol. The number of carbonyl (C=O) groups excluding carboxylic acids is 2. The number of carboxylic acid groups (broad SMARTS) is 1. The van der Waals surface area contributed by atoms with E-state index in [2.05, 4.69) is 15.4 Å². The second-order valence-electron chi connectivity index (χ2n) is 11.5. The van der Waals surface area contributed by atoms with Crippen LogP contribution < -0.4 is 25.8 Å². The molecule has 1 saturated heterocycles. The molecular formula is C27H42N6O7S. The molecule has 1 fully saturated rings. The fraction of sp³-hybridized carbons (Fsp3) is 0.630. The topological polar surface area (TPSA) is 204 Å². The minimum absolute atomic E-state index is 0.135. The van der Waals surface area contributed by atoms with Crippen LogP contribution in [-0.4, -0.2) is 79.0 Å². The Kier molecular flexibility index (Phi) is 9.58. The molecule has 41 heavy (non-hydrogen) atoms. The summed E-state index contributed by atoms with van der Waals surface area (Å²) in [5.74, 6) is -1.79. The number of hydrogen-bond acceptors (Lipinski definition) is 8. The predicted octanol–water partition coefficient (Wildman–Crippen LogP) is 0.816. The molecule has 2 aliphatic rings. The number of rotatable bonds is 10. The lowest BCUT2D eigenvalue weighted by Gasteiger charge is -2.27. The van der Waals surface area contributed by atoms with Gasteiger partial charge in [0.1, 0.15) is 23.4 Å². The molecule has 0 unspecified atom stereocenters. The molecular weight excluding hydrogens is 552 g/mol. The van der Waals surface area contributed by atoms with E-state index in [1.807, 2.05) is 20.8 Å². The summed E-state index contributed by atoms with van der Waals surface area (Å²) >= 11 is 0. The van der Waals surface area contributed by atoms with E-state index < -0.39 is 57.5 Å². The van der Waals surface area contributed by atoms with Crippen molar-refractivity contribution < 1.29 is 32.6 Å². The number of carboxylic acids is 1. The first-order valence-corrected chi connectivity index (χ1v) is 15.2. The number of sulfonamides is 1. The summed E-state index contributed by atoms with van der Waals surface area (Å²) in [6, 6.07) is -2.75. The molecule has 3 rings (SSSR count). The summed E-state index contributed by atoms with van der Waals surface area (Å²) in [5.41, 5.74) is 8.43. The standard InChI is InChI=1S/C27H42N6O7S/c1-14-15(2)22(16(3)18-13-27(5,6)40-21(14)18)41(38,39)32-26(29)30-11-7-9-19(28)24(35)33-12-8-10-20(33)23(34)31-17(4)25(36)37/h17,19-20H,7-13,28H2,1-6H3,(H,31,34)(H,36,37)(H3,29,30,32)/t17-,19+,20+/m1/s1. The zero-order chi connectivity index (χ0) is 30.9. The van der Waals surface area contributed by atoms with E-state index in [9.17, 15) is 22.8 Å². The van der Waals surface area contributed by atoms with E-state index >= 15 is 0 Å². The lowest BCUT2D eigenvalue weighted by Crippen LogP contribution is -2.53. The summed E-state index contributed by atoms with van der Waals surface area (Å²) in [6.45, 7) is 11.1. The zero-order valence-electron chi connectivity index (χ0n) is 24.5. The number of ether oxygens (including phenoxy) is 1. The van der Waals surface area contributed by atoms with Gasteiger partial charge in [0.2, 0.25) is 17.8 Å². The molecule has 7 N–H and O–H groups in total. The van der Waals surface area contributed by atoms with Crippen LogP contribution in [0.4, 0.5) is 0 Å². The van der Waals surface area contributed by atoms with Gasteiger partial charge in [-0.1, -0.05) is 0 Å². The minimum Gasteiger partial charge on any atom is -0.487 e. The van der Waals surface area contributed by atoms with Crippen molar-refractivity contribution in [2.75, 3.05) is 13.1 Å². The van der Waals surface area contributed by atoms with Crippen LogP contribution in [0, 0.1) is 26.2 Å². The Morgan fingerprint density at radius 3 is 2.49 bits per heavy atom. The average Bonchev–Trinajstić information content (AvgIpc) is 3.48. The van der Waals surface area contributed by atoms with Crippen molar-refractivity contribution >= 4 is 33.8 Å². The van der Waals surface area contributed by atoms with Crippen molar-refractivity contribution in [3.8, 4) is 5.75 Å². The molecule has 3 atom stereocenters. The number of nitrogens with two attached hydrogens (primary N) is 1. The van der Waals surface area contributed by atoms with Crippen LogP contribution in [0.5, 0.6) is 5.75 Å². The number of nitrogens with zero attached hydrogens (tertiary/aromatic N) is 1. The van der Waals surface area contributed by atoms with Gasteiger partial charge >= 0.3 is 5.97 Å². The monoisotopic (exact) mass is 594 g/mol. The van der Waals surface area contributed by atoms with E-state index in [4.69, 9.17) is 21.0 Å². The van der Waals surface area contributed by atoms with Gasteiger partial charge in [-0.2, -0.15) is 0 Å². The fourth-order valence-electron chi connectivity index (χ4n) is 5.42. The van der Waals surface area contributed by atoms with Crippen LogP contribution in [0.3, 0.4) is 0 Å². The Bertz CT molecular complexity index is 1340. The molecule has 2 heterocycles. The van der Waals surface area contributed by atoms with Crippen molar-refractivity contribution in [1.82, 2.24) is 20.3 Å². The first-order valence-electron chi connectivity index (χ1n) is 13.7. The molecule has 2 aliphatic heterocycles. The van der Waals surface area contributed by atoms with E-state index in [1.54, 1.807) is 13.8 Å². The third kappa shape index (κ3) is 7.10. The third-order valence-corrected chi connectivity index (χ3v) is 9.30. The number of nitrogens with one attached hydrogen (secondary N) is 4. The van der Waals surface area contributed by atoms with Crippen LogP contribution in [0.25, 0.3) is 0 Å². The van der Waals surface area contributed by atoms with Gasteiger partial charge in [-0.15, -0.1) is 0 Å². The van der Waals surface area contributed by atoms with Crippen molar-refractivity contribution in [3.63, 3.8) is 0 Å². The summed E-state index contributed by atoms with van der Waals surface area (Å²) in [6.07, 6.45) is 2.20. The van der Waals surface area contributed by atoms with Gasteiger partial charge in [0.05, 0.1) is 10.9 Å². The highest BCUT2D eigenvalue weighted by molar-refractivity contribution is 7.90. The third-order valence-electron chi connectivity index (χ3n) is 7.68. The van der Waals surface area contributed by atoms with E-state index in [-0.39, 0.29) is 17.9 Å². The maximum Gasteiger partial charge on any atom is 0.325 e. The molecule has 0 radical (unpaired) electrons. The van der Waals surface area contributed by atoms with Crippen LogP contribution >= 0.6 is 0 Å². The maximum atomic E-state index is 13.3. The van der Waals surface area contributed by atoms with Gasteiger partial charge in [-0.25, -0.2) is 13.1 Å². The highest BCUT2D eigenvalue weighted by atomic mass is 32.2. The number of benzene rings is 1. The van der Waals surface area contributed by atoms with Gasteiger partial charge < -0.3 is 31.1 Å². The van der Waals surface area contributed by atoms with Crippen LogP contribution in [0.1, 0.15) is 68.7 Å². The molecule has 0 aliphatic carbocycles. The molecule has 13 nitrogen and oxygen atoms in total. The Morgan fingerprint density at radius 1 is 1.20 bits per heavy atom. The van der Waals surface area contributed by atoms with Gasteiger partial charge in [-0.05, 0) is 83.9 Å². The van der Waals surface area contributed by atoms with Gasteiger partial charge in [-0.3, -0.25) is 19.8 Å². The molecule has 14 heteroatoms. The van der Waals surface area contributed by atoms with Gasteiger partial charge in [0.15, 0.2) is 0 Å². The lowest BCUT2D eigenvalue weighted by molar-refractivity contribution is -0.143. The zero-order valence-corrected chi connectivity index (χ0v) is 25.3. The molecule has 1 aromatic carbocycles. The summed E-state index contributed by atoms with van der Waals surface area (Å²) in [5, 5.41) is 22.3. The second-order valence-corrected chi connectivity index (χ2v) is 13.1. The number of guanidine groups is 1. The number of carbonyl (C=O) groups is 3. The van der Waals surface area contributed by atoms with Crippen LogP contribution in [0.2, 0.25) is 0 Å². The van der Waals surface area contributed by atoms with E-state index in [0.29, 0.717) is 43.4 Å². The first kappa shape index (κ1) is 32.1. The van der Waals surface area contributed by atoms with E-state index in [0.717, 1.165) is 16.9 Å². The van der Waals surface area contributed by atoms with E-state index in [1.165, 1.54) is 11.8 Å².